The van der Waals surface area contributed by atoms with Crippen LogP contribution in [0, 0.1) is 13.8 Å². The summed E-state index contributed by atoms with van der Waals surface area (Å²) in [6, 6.07) is 13.9. The molecule has 25 heavy (non-hydrogen) atoms. The van der Waals surface area contributed by atoms with Gasteiger partial charge in [0.1, 0.15) is 0 Å². The number of aryl methyl sites for hydroxylation is 2. The van der Waals surface area contributed by atoms with E-state index in [0.717, 1.165) is 30.6 Å². The Kier molecular flexibility index (Phi) is 5.27. The van der Waals surface area contributed by atoms with Gasteiger partial charge in [0.15, 0.2) is 0 Å². The first-order valence-electron chi connectivity index (χ1n) is 8.74. The summed E-state index contributed by atoms with van der Waals surface area (Å²) < 4.78 is 27.9. The van der Waals surface area contributed by atoms with Gasteiger partial charge in [0.2, 0.25) is 10.0 Å². The number of rotatable bonds is 5. The summed E-state index contributed by atoms with van der Waals surface area (Å²) in [6.07, 6.45) is 1.02. The van der Waals surface area contributed by atoms with Crippen LogP contribution in [-0.2, 0) is 23.0 Å². The molecule has 1 unspecified atom stereocenters. The third-order valence-corrected chi connectivity index (χ3v) is 6.56. The van der Waals surface area contributed by atoms with Gasteiger partial charge in [-0.25, -0.2) is 13.1 Å². The molecule has 134 valence electrons. The van der Waals surface area contributed by atoms with E-state index in [1.165, 1.54) is 11.1 Å². The average molecular weight is 359 g/mol. The number of sulfonamides is 1. The number of benzene rings is 2. The Hall–Kier alpha value is -1.69. The minimum atomic E-state index is -3.47. The number of hydrogen-bond acceptors (Lipinski definition) is 3. The molecule has 0 aliphatic carbocycles. The second-order valence-corrected chi connectivity index (χ2v) is 8.70. The van der Waals surface area contributed by atoms with Gasteiger partial charge in [0.25, 0.3) is 0 Å². The van der Waals surface area contributed by atoms with Crippen molar-refractivity contribution < 1.29 is 8.42 Å². The highest BCUT2D eigenvalue weighted by Crippen LogP contribution is 2.20. The highest BCUT2D eigenvalue weighted by Gasteiger charge is 2.22. The molecule has 2 aromatic carbocycles. The molecule has 0 bridgehead atoms. The van der Waals surface area contributed by atoms with Crippen molar-refractivity contribution in [3.05, 3.63) is 64.7 Å². The SMILES string of the molecule is Cc1ccc(S(=O)(=O)NCC(C)N2CCc3ccccc3C2)cc1C. The van der Waals surface area contributed by atoms with Crippen LogP contribution in [-0.4, -0.2) is 32.4 Å². The van der Waals surface area contributed by atoms with Crippen LogP contribution in [0.3, 0.4) is 0 Å². The van der Waals surface area contributed by atoms with Gasteiger partial charge in [0.05, 0.1) is 4.90 Å². The van der Waals surface area contributed by atoms with E-state index in [2.05, 4.69) is 40.8 Å². The zero-order valence-corrected chi connectivity index (χ0v) is 15.9. The van der Waals surface area contributed by atoms with Gasteiger partial charge < -0.3 is 0 Å². The molecule has 1 aliphatic rings. The molecule has 2 aromatic rings. The fourth-order valence-corrected chi connectivity index (χ4v) is 4.42. The van der Waals surface area contributed by atoms with Crippen molar-refractivity contribution in [3.63, 3.8) is 0 Å². The van der Waals surface area contributed by atoms with E-state index in [0.29, 0.717) is 11.4 Å². The van der Waals surface area contributed by atoms with Crippen LogP contribution in [0.4, 0.5) is 0 Å². The molecule has 5 heteroatoms. The first-order chi connectivity index (χ1) is 11.9. The normalized spacial score (nSPS) is 16.4. The van der Waals surface area contributed by atoms with Gasteiger partial charge in [-0.15, -0.1) is 0 Å². The molecular formula is C20H26N2O2S. The summed E-state index contributed by atoms with van der Waals surface area (Å²) in [7, 11) is -3.47. The maximum absolute atomic E-state index is 12.6. The maximum Gasteiger partial charge on any atom is 0.240 e. The summed E-state index contributed by atoms with van der Waals surface area (Å²) >= 11 is 0. The van der Waals surface area contributed by atoms with Crippen molar-refractivity contribution in [2.45, 2.75) is 44.7 Å². The van der Waals surface area contributed by atoms with Crippen molar-refractivity contribution in [2.75, 3.05) is 13.1 Å². The molecule has 0 aromatic heterocycles. The van der Waals surface area contributed by atoms with Crippen LogP contribution in [0.15, 0.2) is 47.4 Å². The van der Waals surface area contributed by atoms with Crippen LogP contribution < -0.4 is 4.72 Å². The fraction of sp³-hybridized carbons (Fsp3) is 0.400. The van der Waals surface area contributed by atoms with Crippen LogP contribution in [0.2, 0.25) is 0 Å². The summed E-state index contributed by atoms with van der Waals surface area (Å²) in [6.45, 7) is 8.25. The largest absolute Gasteiger partial charge is 0.295 e. The molecule has 0 saturated heterocycles. The molecule has 0 saturated carbocycles. The van der Waals surface area contributed by atoms with E-state index < -0.39 is 10.0 Å². The molecule has 1 heterocycles. The van der Waals surface area contributed by atoms with E-state index in [1.807, 2.05) is 19.9 Å². The smallest absolute Gasteiger partial charge is 0.240 e. The van der Waals surface area contributed by atoms with Crippen molar-refractivity contribution in [1.82, 2.24) is 9.62 Å². The number of fused-ring (bicyclic) bond motifs is 1. The van der Waals surface area contributed by atoms with E-state index in [4.69, 9.17) is 0 Å². The molecule has 3 rings (SSSR count). The van der Waals surface area contributed by atoms with Crippen LogP contribution in [0.1, 0.15) is 29.2 Å². The van der Waals surface area contributed by atoms with Crippen LogP contribution in [0.5, 0.6) is 0 Å². The number of nitrogens with zero attached hydrogens (tertiary/aromatic N) is 1. The number of hydrogen-bond donors (Lipinski definition) is 1. The third-order valence-electron chi connectivity index (χ3n) is 5.14. The Morgan fingerprint density at radius 3 is 2.52 bits per heavy atom. The molecule has 0 radical (unpaired) electrons. The molecule has 0 spiro atoms. The second-order valence-electron chi connectivity index (χ2n) is 6.94. The van der Waals surface area contributed by atoms with Gasteiger partial charge in [-0.05, 0) is 61.6 Å². The van der Waals surface area contributed by atoms with E-state index in [1.54, 1.807) is 12.1 Å². The lowest BCUT2D eigenvalue weighted by Crippen LogP contribution is -2.44. The Bertz CT molecular complexity index is 862. The average Bonchev–Trinajstić information content (AvgIpc) is 2.61. The monoisotopic (exact) mass is 358 g/mol. The van der Waals surface area contributed by atoms with Crippen molar-refractivity contribution >= 4 is 10.0 Å². The minimum absolute atomic E-state index is 0.148. The Morgan fingerprint density at radius 1 is 1.08 bits per heavy atom. The van der Waals surface area contributed by atoms with E-state index >= 15 is 0 Å². The molecule has 0 amide bonds. The first-order valence-corrected chi connectivity index (χ1v) is 10.2. The fourth-order valence-electron chi connectivity index (χ4n) is 3.22. The molecule has 0 fully saturated rings. The summed E-state index contributed by atoms with van der Waals surface area (Å²) in [5, 5.41) is 0. The van der Waals surface area contributed by atoms with Crippen LogP contribution in [0.25, 0.3) is 0 Å². The molecule has 1 aliphatic heterocycles. The van der Waals surface area contributed by atoms with Gasteiger partial charge in [0, 0.05) is 25.7 Å². The van der Waals surface area contributed by atoms with Crippen molar-refractivity contribution in [1.29, 1.82) is 0 Å². The van der Waals surface area contributed by atoms with E-state index in [9.17, 15) is 8.42 Å². The van der Waals surface area contributed by atoms with Crippen molar-refractivity contribution in [3.8, 4) is 0 Å². The maximum atomic E-state index is 12.6. The van der Waals surface area contributed by atoms with Crippen LogP contribution >= 0.6 is 0 Å². The standard InChI is InChI=1S/C20H26N2O2S/c1-15-8-9-20(12-16(15)2)25(23,24)21-13-17(3)22-11-10-18-6-4-5-7-19(18)14-22/h4-9,12,17,21H,10-11,13-14H2,1-3H3. The van der Waals surface area contributed by atoms with Gasteiger partial charge in [-0.2, -0.15) is 0 Å². The predicted octanol–water partition coefficient (Wildman–Crippen LogP) is 3.03. The zero-order chi connectivity index (χ0) is 18.0. The van der Waals surface area contributed by atoms with Gasteiger partial charge in [-0.1, -0.05) is 30.3 Å². The lowest BCUT2D eigenvalue weighted by molar-refractivity contribution is 0.192. The summed E-state index contributed by atoms with van der Waals surface area (Å²) in [4.78, 5) is 2.68. The second kappa shape index (κ2) is 7.28. The Morgan fingerprint density at radius 2 is 1.80 bits per heavy atom. The molecule has 1 atom stereocenters. The first kappa shape index (κ1) is 18.1. The highest BCUT2D eigenvalue weighted by atomic mass is 32.2. The molecular weight excluding hydrogens is 332 g/mol. The van der Waals surface area contributed by atoms with Gasteiger partial charge >= 0.3 is 0 Å². The van der Waals surface area contributed by atoms with E-state index in [-0.39, 0.29) is 6.04 Å². The number of nitrogens with one attached hydrogen (secondary N) is 1. The highest BCUT2D eigenvalue weighted by molar-refractivity contribution is 7.89. The zero-order valence-electron chi connectivity index (χ0n) is 15.1. The topological polar surface area (TPSA) is 49.4 Å². The Balaban J connectivity index is 1.64. The lowest BCUT2D eigenvalue weighted by atomic mass is 9.99. The molecule has 1 N–H and O–H groups in total. The quantitative estimate of drug-likeness (QED) is 0.894. The minimum Gasteiger partial charge on any atom is -0.295 e. The third kappa shape index (κ3) is 4.11. The summed E-state index contributed by atoms with van der Waals surface area (Å²) in [5.74, 6) is 0. The summed E-state index contributed by atoms with van der Waals surface area (Å²) in [5.41, 5.74) is 4.84. The van der Waals surface area contributed by atoms with Gasteiger partial charge in [-0.3, -0.25) is 4.90 Å². The Labute approximate surface area is 150 Å². The predicted molar refractivity (Wildman–Crippen MR) is 101 cm³/mol. The lowest BCUT2D eigenvalue weighted by Gasteiger charge is -2.33. The molecule has 4 nitrogen and oxygen atoms in total. The van der Waals surface area contributed by atoms with Crippen molar-refractivity contribution in [2.24, 2.45) is 0 Å².